The summed E-state index contributed by atoms with van der Waals surface area (Å²) in [5.74, 6) is 0.936. The van der Waals surface area contributed by atoms with Gasteiger partial charge in [-0.1, -0.05) is 15.9 Å². The van der Waals surface area contributed by atoms with Gasteiger partial charge in [-0.05, 0) is 42.5 Å². The van der Waals surface area contributed by atoms with Crippen molar-refractivity contribution < 1.29 is 13.9 Å². The summed E-state index contributed by atoms with van der Waals surface area (Å²) < 4.78 is 19.4. The first-order valence-electron chi connectivity index (χ1n) is 8.91. The molecule has 2 aromatic carbocycles. The molecule has 0 atom stereocenters. The van der Waals surface area contributed by atoms with Gasteiger partial charge in [-0.15, -0.1) is 0 Å². The van der Waals surface area contributed by atoms with Crippen LogP contribution in [-0.4, -0.2) is 53.6 Å². The van der Waals surface area contributed by atoms with Gasteiger partial charge in [0, 0.05) is 36.0 Å². The smallest absolute Gasteiger partial charge is 0.260 e. The van der Waals surface area contributed by atoms with E-state index in [4.69, 9.17) is 4.74 Å². The highest BCUT2D eigenvalue weighted by Crippen LogP contribution is 2.26. The lowest BCUT2D eigenvalue weighted by Crippen LogP contribution is -2.50. The molecule has 1 fully saturated rings. The molecule has 28 heavy (non-hydrogen) atoms. The van der Waals surface area contributed by atoms with Gasteiger partial charge in [-0.2, -0.15) is 0 Å². The van der Waals surface area contributed by atoms with Crippen LogP contribution in [0.1, 0.15) is 0 Å². The van der Waals surface area contributed by atoms with Crippen molar-refractivity contribution in [3.63, 3.8) is 0 Å². The van der Waals surface area contributed by atoms with E-state index in [1.165, 1.54) is 24.3 Å². The third kappa shape index (κ3) is 4.06. The molecule has 8 heteroatoms. The molecule has 0 radical (unpaired) electrons. The lowest BCUT2D eigenvalue weighted by Gasteiger charge is -2.35. The van der Waals surface area contributed by atoms with Crippen molar-refractivity contribution in [3.8, 4) is 5.75 Å². The fourth-order valence-electron chi connectivity index (χ4n) is 3.20. The number of piperazine rings is 1. The van der Waals surface area contributed by atoms with E-state index in [0.29, 0.717) is 31.9 Å². The predicted octanol–water partition coefficient (Wildman–Crippen LogP) is 3.26. The first-order valence-corrected chi connectivity index (χ1v) is 9.71. The van der Waals surface area contributed by atoms with E-state index in [2.05, 4.69) is 30.8 Å². The van der Waals surface area contributed by atoms with Crippen molar-refractivity contribution in [2.24, 2.45) is 0 Å². The van der Waals surface area contributed by atoms with E-state index in [9.17, 15) is 9.18 Å². The Morgan fingerprint density at radius 1 is 1.07 bits per heavy atom. The highest BCUT2D eigenvalue weighted by atomic mass is 79.9. The maximum Gasteiger partial charge on any atom is 0.260 e. The molecule has 0 unspecified atom stereocenters. The van der Waals surface area contributed by atoms with Gasteiger partial charge in [-0.25, -0.2) is 14.4 Å². The van der Waals surface area contributed by atoms with Crippen LogP contribution in [-0.2, 0) is 4.79 Å². The van der Waals surface area contributed by atoms with Gasteiger partial charge in [-0.3, -0.25) is 4.79 Å². The van der Waals surface area contributed by atoms with Crippen LogP contribution in [0.2, 0.25) is 0 Å². The van der Waals surface area contributed by atoms with Crippen LogP contribution in [0.4, 0.5) is 10.2 Å². The molecule has 4 rings (SSSR count). The number of nitrogens with zero attached hydrogens (tertiary/aromatic N) is 4. The number of carbonyl (C=O) groups excluding carboxylic acids is 1. The first kappa shape index (κ1) is 18.6. The fourth-order valence-corrected chi connectivity index (χ4v) is 3.56. The van der Waals surface area contributed by atoms with Crippen molar-refractivity contribution >= 4 is 38.6 Å². The van der Waals surface area contributed by atoms with Gasteiger partial charge < -0.3 is 14.5 Å². The zero-order chi connectivity index (χ0) is 19.5. The van der Waals surface area contributed by atoms with E-state index >= 15 is 0 Å². The molecule has 0 aliphatic carbocycles. The highest BCUT2D eigenvalue weighted by molar-refractivity contribution is 9.10. The third-order valence-electron chi connectivity index (χ3n) is 4.68. The molecule has 0 saturated carbocycles. The second-order valence-corrected chi connectivity index (χ2v) is 7.38. The molecule has 1 aliphatic heterocycles. The lowest BCUT2D eigenvalue weighted by molar-refractivity contribution is -0.133. The summed E-state index contributed by atoms with van der Waals surface area (Å²) in [7, 11) is 0. The molecule has 144 valence electrons. The molecule has 1 aromatic heterocycles. The van der Waals surface area contributed by atoms with E-state index < -0.39 is 0 Å². The standard InChI is InChI=1S/C20H18BrFN4O2/c21-14-1-6-18-17(11-14)20(24-13-23-18)26-9-7-25(8-10-26)19(27)12-28-16-4-2-15(22)3-5-16/h1-6,11,13H,7-10,12H2. The number of benzene rings is 2. The Morgan fingerprint density at radius 2 is 1.82 bits per heavy atom. The molecule has 3 aromatic rings. The van der Waals surface area contributed by atoms with E-state index in [-0.39, 0.29) is 18.3 Å². The molecule has 0 N–H and O–H groups in total. The molecule has 1 saturated heterocycles. The summed E-state index contributed by atoms with van der Waals surface area (Å²) >= 11 is 3.50. The minimum atomic E-state index is -0.334. The number of halogens is 2. The van der Waals surface area contributed by atoms with Gasteiger partial charge in [0.15, 0.2) is 6.61 Å². The average molecular weight is 445 g/mol. The SMILES string of the molecule is O=C(COc1ccc(F)cc1)N1CCN(c2ncnc3ccc(Br)cc23)CC1. The minimum Gasteiger partial charge on any atom is -0.484 e. The van der Waals surface area contributed by atoms with Crippen LogP contribution in [0, 0.1) is 5.82 Å². The quantitative estimate of drug-likeness (QED) is 0.617. The van der Waals surface area contributed by atoms with Crippen LogP contribution in [0.5, 0.6) is 5.75 Å². The lowest BCUT2D eigenvalue weighted by atomic mass is 10.2. The van der Waals surface area contributed by atoms with E-state index in [1.54, 1.807) is 11.2 Å². The Morgan fingerprint density at radius 3 is 2.57 bits per heavy atom. The fraction of sp³-hybridized carbons (Fsp3) is 0.250. The number of anilines is 1. The topological polar surface area (TPSA) is 58.6 Å². The van der Waals surface area contributed by atoms with Gasteiger partial charge in [0.2, 0.25) is 0 Å². The summed E-state index contributed by atoms with van der Waals surface area (Å²) in [6, 6.07) is 11.6. The predicted molar refractivity (Wildman–Crippen MR) is 108 cm³/mol. The second kappa shape index (κ2) is 8.10. The molecule has 6 nitrogen and oxygen atoms in total. The summed E-state index contributed by atoms with van der Waals surface area (Å²) in [6.45, 7) is 2.48. The van der Waals surface area contributed by atoms with Crippen molar-refractivity contribution in [2.75, 3.05) is 37.7 Å². The van der Waals surface area contributed by atoms with Crippen molar-refractivity contribution in [2.45, 2.75) is 0 Å². The van der Waals surface area contributed by atoms with Gasteiger partial charge in [0.05, 0.1) is 5.52 Å². The zero-order valence-corrected chi connectivity index (χ0v) is 16.6. The second-order valence-electron chi connectivity index (χ2n) is 6.47. The Bertz CT molecular complexity index is 991. The third-order valence-corrected chi connectivity index (χ3v) is 5.18. The Balaban J connectivity index is 1.37. The minimum absolute atomic E-state index is 0.0605. The number of hydrogen-bond acceptors (Lipinski definition) is 5. The molecule has 1 amide bonds. The molecular formula is C20H18BrFN4O2. The first-order chi connectivity index (χ1) is 13.6. The number of aromatic nitrogens is 2. The van der Waals surface area contributed by atoms with Crippen LogP contribution < -0.4 is 9.64 Å². The Kier molecular flexibility index (Phi) is 5.38. The molecule has 2 heterocycles. The number of rotatable bonds is 4. The highest BCUT2D eigenvalue weighted by Gasteiger charge is 2.23. The maximum atomic E-state index is 12.9. The summed E-state index contributed by atoms with van der Waals surface area (Å²) in [6.07, 6.45) is 1.57. The Hall–Kier alpha value is -2.74. The maximum absolute atomic E-state index is 12.9. The molecule has 0 spiro atoms. The van der Waals surface area contributed by atoms with Crippen molar-refractivity contribution in [1.29, 1.82) is 0 Å². The molecular weight excluding hydrogens is 427 g/mol. The molecule has 0 bridgehead atoms. The number of hydrogen-bond donors (Lipinski definition) is 0. The number of ether oxygens (including phenoxy) is 1. The summed E-state index contributed by atoms with van der Waals surface area (Å²) in [5.41, 5.74) is 0.888. The summed E-state index contributed by atoms with van der Waals surface area (Å²) in [4.78, 5) is 25.1. The van der Waals surface area contributed by atoms with Crippen LogP contribution in [0.25, 0.3) is 10.9 Å². The van der Waals surface area contributed by atoms with Crippen LogP contribution in [0.3, 0.4) is 0 Å². The monoisotopic (exact) mass is 444 g/mol. The number of amides is 1. The van der Waals surface area contributed by atoms with Crippen molar-refractivity contribution in [3.05, 3.63) is 59.1 Å². The zero-order valence-electron chi connectivity index (χ0n) is 15.0. The Labute approximate surface area is 170 Å². The van der Waals surface area contributed by atoms with E-state index in [1.807, 2.05) is 18.2 Å². The van der Waals surface area contributed by atoms with Crippen LogP contribution >= 0.6 is 15.9 Å². The van der Waals surface area contributed by atoms with Crippen molar-refractivity contribution in [1.82, 2.24) is 14.9 Å². The normalized spacial score (nSPS) is 14.4. The van der Waals surface area contributed by atoms with Gasteiger partial charge in [0.25, 0.3) is 5.91 Å². The van der Waals surface area contributed by atoms with E-state index in [0.717, 1.165) is 21.2 Å². The summed E-state index contributed by atoms with van der Waals surface area (Å²) in [5, 5.41) is 0.983. The van der Waals surface area contributed by atoms with Gasteiger partial charge in [0.1, 0.15) is 23.7 Å². The number of fused-ring (bicyclic) bond motifs is 1. The van der Waals surface area contributed by atoms with Gasteiger partial charge >= 0.3 is 0 Å². The largest absolute Gasteiger partial charge is 0.484 e. The molecule has 1 aliphatic rings. The van der Waals surface area contributed by atoms with Crippen LogP contribution in [0.15, 0.2) is 53.3 Å². The number of carbonyl (C=O) groups is 1. The average Bonchev–Trinajstić information content (AvgIpc) is 2.73.